The summed E-state index contributed by atoms with van der Waals surface area (Å²) in [5, 5.41) is 12.1. The Kier molecular flexibility index (Phi) is 6.07. The van der Waals surface area contributed by atoms with Crippen LogP contribution in [-0.2, 0) is 0 Å². The second kappa shape index (κ2) is 7.32. The molecule has 19 heavy (non-hydrogen) atoms. The first-order valence-electron chi connectivity index (χ1n) is 6.74. The Labute approximate surface area is 116 Å². The van der Waals surface area contributed by atoms with Gasteiger partial charge in [-0.05, 0) is 38.1 Å². The quantitative estimate of drug-likeness (QED) is 0.783. The molecule has 1 aromatic heterocycles. The van der Waals surface area contributed by atoms with Crippen LogP contribution in [0.25, 0.3) is 0 Å². The third kappa shape index (κ3) is 5.46. The molecule has 0 aliphatic rings. The van der Waals surface area contributed by atoms with E-state index in [4.69, 9.17) is 9.68 Å². The minimum absolute atomic E-state index is 0.149. The molecule has 0 fully saturated rings. The van der Waals surface area contributed by atoms with Gasteiger partial charge in [-0.3, -0.25) is 4.90 Å². The van der Waals surface area contributed by atoms with Gasteiger partial charge in [-0.1, -0.05) is 13.8 Å². The molecule has 1 heterocycles. The average Bonchev–Trinajstić information content (AvgIpc) is 2.85. The molecule has 1 unspecified atom stereocenters. The summed E-state index contributed by atoms with van der Waals surface area (Å²) in [6.07, 6.45) is 3.25. The monoisotopic (exact) mass is 263 g/mol. The maximum Gasteiger partial charge on any atom is 0.122 e. The van der Waals surface area contributed by atoms with E-state index < -0.39 is 0 Å². The van der Waals surface area contributed by atoms with E-state index in [2.05, 4.69) is 44.2 Å². The Balaban J connectivity index is 2.44. The Morgan fingerprint density at radius 2 is 2.21 bits per heavy atom. The van der Waals surface area contributed by atoms with Crippen LogP contribution in [0.3, 0.4) is 0 Å². The third-order valence-electron chi connectivity index (χ3n) is 3.35. The number of hydrogen-bond donors (Lipinski definition) is 1. The van der Waals surface area contributed by atoms with E-state index in [1.807, 2.05) is 12.1 Å². The van der Waals surface area contributed by atoms with Gasteiger partial charge in [-0.25, -0.2) is 0 Å². The van der Waals surface area contributed by atoms with Crippen molar-refractivity contribution in [3.05, 3.63) is 24.2 Å². The van der Waals surface area contributed by atoms with Crippen LogP contribution in [0.15, 0.2) is 22.8 Å². The van der Waals surface area contributed by atoms with Crippen LogP contribution in [0, 0.1) is 16.7 Å². The first-order chi connectivity index (χ1) is 8.96. The zero-order valence-corrected chi connectivity index (χ0v) is 12.4. The molecule has 0 saturated carbocycles. The maximum atomic E-state index is 8.65. The molecule has 0 spiro atoms. The normalized spacial score (nSPS) is 13.5. The first-order valence-corrected chi connectivity index (χ1v) is 6.74. The van der Waals surface area contributed by atoms with E-state index in [-0.39, 0.29) is 11.5 Å². The molecule has 0 saturated heterocycles. The highest BCUT2D eigenvalue weighted by molar-refractivity contribution is 5.05. The Bertz CT molecular complexity index is 390. The maximum absolute atomic E-state index is 8.65. The lowest BCUT2D eigenvalue weighted by Crippen LogP contribution is -2.36. The Hall–Kier alpha value is -1.31. The highest BCUT2D eigenvalue weighted by Crippen LogP contribution is 2.22. The second-order valence-corrected chi connectivity index (χ2v) is 5.95. The van der Waals surface area contributed by atoms with Crippen LogP contribution in [0.1, 0.15) is 38.5 Å². The van der Waals surface area contributed by atoms with Crippen molar-refractivity contribution >= 4 is 0 Å². The van der Waals surface area contributed by atoms with Crippen LogP contribution in [0.5, 0.6) is 0 Å². The van der Waals surface area contributed by atoms with Crippen LogP contribution in [0.4, 0.5) is 0 Å². The minimum Gasteiger partial charge on any atom is -0.468 e. The molecule has 0 amide bonds. The number of furan rings is 1. The van der Waals surface area contributed by atoms with Gasteiger partial charge in [-0.15, -0.1) is 0 Å². The van der Waals surface area contributed by atoms with Crippen molar-refractivity contribution in [1.82, 2.24) is 10.2 Å². The lowest BCUT2D eigenvalue weighted by Gasteiger charge is -2.27. The minimum atomic E-state index is 0.149. The highest BCUT2D eigenvalue weighted by atomic mass is 16.3. The molecule has 4 nitrogen and oxygen atoms in total. The smallest absolute Gasteiger partial charge is 0.122 e. The summed E-state index contributed by atoms with van der Waals surface area (Å²) < 4.78 is 5.48. The molecule has 0 bridgehead atoms. The topological polar surface area (TPSA) is 52.2 Å². The SMILES string of the molecule is CN(C)C(CNCC(C)(C)CCC#N)c1ccco1. The molecule has 1 aromatic rings. The van der Waals surface area contributed by atoms with Crippen LogP contribution >= 0.6 is 0 Å². The van der Waals surface area contributed by atoms with Crippen LogP contribution in [0.2, 0.25) is 0 Å². The van der Waals surface area contributed by atoms with Crippen LogP contribution < -0.4 is 5.32 Å². The van der Waals surface area contributed by atoms with Gasteiger partial charge in [0, 0.05) is 19.5 Å². The molecule has 1 atom stereocenters. The zero-order chi connectivity index (χ0) is 14.3. The van der Waals surface area contributed by atoms with E-state index in [9.17, 15) is 0 Å². The van der Waals surface area contributed by atoms with E-state index in [1.165, 1.54) is 0 Å². The number of nitrogens with one attached hydrogen (secondary N) is 1. The predicted octanol–water partition coefficient (Wildman–Crippen LogP) is 2.80. The zero-order valence-electron chi connectivity index (χ0n) is 12.4. The van der Waals surface area contributed by atoms with Gasteiger partial charge >= 0.3 is 0 Å². The molecular weight excluding hydrogens is 238 g/mol. The molecule has 106 valence electrons. The third-order valence-corrected chi connectivity index (χ3v) is 3.35. The predicted molar refractivity (Wildman–Crippen MR) is 76.6 cm³/mol. The van der Waals surface area contributed by atoms with Crippen molar-refractivity contribution in [1.29, 1.82) is 5.26 Å². The van der Waals surface area contributed by atoms with Gasteiger partial charge in [-0.2, -0.15) is 5.26 Å². The van der Waals surface area contributed by atoms with Crippen molar-refractivity contribution in [3.8, 4) is 6.07 Å². The van der Waals surface area contributed by atoms with E-state index in [1.54, 1.807) is 6.26 Å². The fourth-order valence-electron chi connectivity index (χ4n) is 2.05. The number of hydrogen-bond acceptors (Lipinski definition) is 4. The van der Waals surface area contributed by atoms with Gasteiger partial charge in [0.05, 0.1) is 18.4 Å². The van der Waals surface area contributed by atoms with Gasteiger partial charge < -0.3 is 9.73 Å². The number of likely N-dealkylation sites (N-methyl/N-ethyl adjacent to an activating group) is 1. The number of nitriles is 1. The second-order valence-electron chi connectivity index (χ2n) is 5.95. The Morgan fingerprint density at radius 3 is 2.74 bits per heavy atom. The van der Waals surface area contributed by atoms with Gasteiger partial charge in [0.1, 0.15) is 5.76 Å². The van der Waals surface area contributed by atoms with Gasteiger partial charge in [0.15, 0.2) is 0 Å². The van der Waals surface area contributed by atoms with Crippen molar-refractivity contribution < 1.29 is 4.42 Å². The van der Waals surface area contributed by atoms with Crippen molar-refractivity contribution in [3.63, 3.8) is 0 Å². The molecule has 4 heteroatoms. The Morgan fingerprint density at radius 1 is 1.47 bits per heavy atom. The van der Waals surface area contributed by atoms with E-state index >= 15 is 0 Å². The van der Waals surface area contributed by atoms with Gasteiger partial charge in [0.25, 0.3) is 0 Å². The van der Waals surface area contributed by atoms with Gasteiger partial charge in [0.2, 0.25) is 0 Å². The molecule has 1 rings (SSSR count). The summed E-state index contributed by atoms with van der Waals surface area (Å²) in [6, 6.07) is 6.38. The average molecular weight is 263 g/mol. The van der Waals surface area contributed by atoms with Crippen molar-refractivity contribution in [2.75, 3.05) is 27.2 Å². The molecule has 0 aliphatic carbocycles. The fourth-order valence-corrected chi connectivity index (χ4v) is 2.05. The molecule has 1 N–H and O–H groups in total. The molecule has 0 aliphatic heterocycles. The fraction of sp³-hybridized carbons (Fsp3) is 0.667. The van der Waals surface area contributed by atoms with Crippen molar-refractivity contribution in [2.24, 2.45) is 5.41 Å². The molecule has 0 aromatic carbocycles. The number of nitrogens with zero attached hydrogens (tertiary/aromatic N) is 2. The summed E-state index contributed by atoms with van der Waals surface area (Å²) in [5.41, 5.74) is 0.149. The summed E-state index contributed by atoms with van der Waals surface area (Å²) in [7, 11) is 4.10. The molecular formula is C15H25N3O. The lowest BCUT2D eigenvalue weighted by atomic mass is 9.88. The summed E-state index contributed by atoms with van der Waals surface area (Å²) >= 11 is 0. The highest BCUT2D eigenvalue weighted by Gasteiger charge is 2.20. The number of rotatable bonds is 8. The van der Waals surface area contributed by atoms with Crippen molar-refractivity contribution in [2.45, 2.75) is 32.7 Å². The summed E-state index contributed by atoms with van der Waals surface area (Å²) in [4.78, 5) is 2.15. The largest absolute Gasteiger partial charge is 0.468 e. The summed E-state index contributed by atoms with van der Waals surface area (Å²) in [6.45, 7) is 6.13. The standard InChI is InChI=1S/C15H25N3O/c1-15(2,8-6-9-16)12-17-11-13(18(3)4)14-7-5-10-19-14/h5,7,10,13,17H,6,8,11-12H2,1-4H3. The molecule has 0 radical (unpaired) electrons. The first kappa shape index (κ1) is 15.7. The van der Waals surface area contributed by atoms with Crippen LogP contribution in [-0.4, -0.2) is 32.1 Å². The lowest BCUT2D eigenvalue weighted by molar-refractivity contribution is 0.234. The summed E-state index contributed by atoms with van der Waals surface area (Å²) in [5.74, 6) is 0.979. The van der Waals surface area contributed by atoms with E-state index in [0.29, 0.717) is 6.42 Å². The van der Waals surface area contributed by atoms with E-state index in [0.717, 1.165) is 25.3 Å².